The molecule has 2 aromatic rings. The average molecular weight is 272 g/mol. The van der Waals surface area contributed by atoms with Gasteiger partial charge in [-0.1, -0.05) is 12.1 Å². The first-order valence-corrected chi connectivity index (χ1v) is 6.92. The minimum Gasteiger partial charge on any atom is -0.493 e. The van der Waals surface area contributed by atoms with Gasteiger partial charge in [0.25, 0.3) is 5.91 Å². The van der Waals surface area contributed by atoms with Crippen LogP contribution in [0.5, 0.6) is 5.75 Å². The van der Waals surface area contributed by atoms with E-state index in [1.165, 1.54) is 0 Å². The fourth-order valence-corrected chi connectivity index (χ4v) is 2.01. The van der Waals surface area contributed by atoms with Crippen molar-refractivity contribution in [1.82, 2.24) is 9.88 Å². The summed E-state index contributed by atoms with van der Waals surface area (Å²) in [7, 11) is 0. The summed E-state index contributed by atoms with van der Waals surface area (Å²) in [6.45, 7) is 4.02. The van der Waals surface area contributed by atoms with Gasteiger partial charge < -0.3 is 14.6 Å². The predicted octanol–water partition coefficient (Wildman–Crippen LogP) is 2.71. The third-order valence-corrected chi connectivity index (χ3v) is 2.98. The quantitative estimate of drug-likeness (QED) is 0.788. The molecule has 20 heavy (non-hydrogen) atoms. The van der Waals surface area contributed by atoms with Gasteiger partial charge in [-0.25, -0.2) is 0 Å². The van der Waals surface area contributed by atoms with Gasteiger partial charge in [0, 0.05) is 25.5 Å². The summed E-state index contributed by atoms with van der Waals surface area (Å²) in [5.41, 5.74) is 0.593. The topological polar surface area (TPSA) is 43.3 Å². The molecule has 1 aromatic heterocycles. The number of nitrogens with one attached hydrogen (secondary N) is 1. The first-order chi connectivity index (χ1) is 9.81. The van der Waals surface area contributed by atoms with Gasteiger partial charge in [-0.2, -0.15) is 0 Å². The molecule has 0 aliphatic carbocycles. The van der Waals surface area contributed by atoms with Crippen molar-refractivity contribution >= 4 is 5.91 Å². The molecule has 0 aliphatic heterocycles. The lowest BCUT2D eigenvalue weighted by Gasteiger charge is -2.10. The summed E-state index contributed by atoms with van der Waals surface area (Å²) in [4.78, 5) is 12.1. The lowest BCUT2D eigenvalue weighted by atomic mass is 10.2. The molecule has 0 spiro atoms. The van der Waals surface area contributed by atoms with Gasteiger partial charge in [0.15, 0.2) is 0 Å². The molecule has 1 N–H and O–H groups in total. The van der Waals surface area contributed by atoms with Crippen LogP contribution in [0, 0.1) is 0 Å². The number of carbonyl (C=O) groups excluding carboxylic acids is 1. The van der Waals surface area contributed by atoms with Crippen molar-refractivity contribution in [3.8, 4) is 5.75 Å². The van der Waals surface area contributed by atoms with E-state index in [4.69, 9.17) is 4.74 Å². The highest BCUT2D eigenvalue weighted by atomic mass is 16.5. The average Bonchev–Trinajstić information content (AvgIpc) is 2.97. The summed E-state index contributed by atoms with van der Waals surface area (Å²) < 4.78 is 7.56. The molecule has 4 nitrogen and oxygen atoms in total. The molecular weight excluding hydrogens is 252 g/mol. The maximum Gasteiger partial charge on any atom is 0.255 e. The van der Waals surface area contributed by atoms with Gasteiger partial charge in [-0.3, -0.25) is 4.79 Å². The molecule has 1 heterocycles. The monoisotopic (exact) mass is 272 g/mol. The maximum atomic E-state index is 12.1. The molecule has 106 valence electrons. The van der Waals surface area contributed by atoms with Crippen molar-refractivity contribution in [2.75, 3.05) is 13.2 Å². The number of hydrogen-bond acceptors (Lipinski definition) is 2. The molecule has 4 heteroatoms. The number of amides is 1. The number of para-hydroxylation sites is 1. The molecule has 0 saturated carbocycles. The standard InChI is InChI=1S/C16H20N2O2/c1-2-20-15-9-4-3-8-14(15)16(19)17-10-7-13-18-11-5-6-12-18/h3-6,8-9,11-12H,2,7,10,13H2,1H3,(H,17,19). The van der Waals surface area contributed by atoms with Crippen molar-refractivity contribution in [1.29, 1.82) is 0 Å². The van der Waals surface area contributed by atoms with Crippen LogP contribution in [0.2, 0.25) is 0 Å². The van der Waals surface area contributed by atoms with E-state index < -0.39 is 0 Å². The lowest BCUT2D eigenvalue weighted by Crippen LogP contribution is -2.25. The SMILES string of the molecule is CCOc1ccccc1C(=O)NCCCn1cccc1. The molecule has 1 aromatic carbocycles. The van der Waals surface area contributed by atoms with Gasteiger partial charge >= 0.3 is 0 Å². The zero-order valence-electron chi connectivity index (χ0n) is 11.7. The van der Waals surface area contributed by atoms with Crippen molar-refractivity contribution in [2.24, 2.45) is 0 Å². The number of aromatic nitrogens is 1. The predicted molar refractivity (Wildman–Crippen MR) is 79.0 cm³/mol. The smallest absolute Gasteiger partial charge is 0.255 e. The van der Waals surface area contributed by atoms with Gasteiger partial charge in [0.05, 0.1) is 12.2 Å². The summed E-state index contributed by atoms with van der Waals surface area (Å²) in [6.07, 6.45) is 4.94. The summed E-state index contributed by atoms with van der Waals surface area (Å²) in [5.74, 6) is 0.555. The van der Waals surface area contributed by atoms with Gasteiger partial charge in [-0.15, -0.1) is 0 Å². The molecular formula is C16H20N2O2. The highest BCUT2D eigenvalue weighted by Gasteiger charge is 2.10. The van der Waals surface area contributed by atoms with Gasteiger partial charge in [-0.05, 0) is 37.6 Å². The van der Waals surface area contributed by atoms with Crippen LogP contribution in [-0.2, 0) is 6.54 Å². The number of carbonyl (C=O) groups is 1. The third-order valence-electron chi connectivity index (χ3n) is 2.98. The molecule has 0 unspecified atom stereocenters. The summed E-state index contributed by atoms with van der Waals surface area (Å²) in [5, 5.41) is 2.93. The number of ether oxygens (including phenoxy) is 1. The number of benzene rings is 1. The summed E-state index contributed by atoms with van der Waals surface area (Å²) in [6, 6.07) is 11.3. The van der Waals surface area contributed by atoms with E-state index in [-0.39, 0.29) is 5.91 Å². The Kier molecular flexibility index (Phi) is 5.24. The Morgan fingerprint density at radius 3 is 2.70 bits per heavy atom. The fraction of sp³-hybridized carbons (Fsp3) is 0.312. The Hall–Kier alpha value is -2.23. The number of hydrogen-bond donors (Lipinski definition) is 1. The molecule has 1 amide bonds. The van der Waals surface area contributed by atoms with Crippen LogP contribution in [0.3, 0.4) is 0 Å². The Labute approximate surface area is 119 Å². The van der Waals surface area contributed by atoms with Crippen LogP contribution >= 0.6 is 0 Å². The molecule has 0 atom stereocenters. The zero-order valence-corrected chi connectivity index (χ0v) is 11.7. The minimum atomic E-state index is -0.0819. The first kappa shape index (κ1) is 14.2. The Bertz CT molecular complexity index is 535. The molecule has 2 rings (SSSR count). The first-order valence-electron chi connectivity index (χ1n) is 6.92. The van der Waals surface area contributed by atoms with Gasteiger partial charge in [0.2, 0.25) is 0 Å². The highest BCUT2D eigenvalue weighted by Crippen LogP contribution is 2.17. The van der Waals surface area contributed by atoms with E-state index in [1.54, 1.807) is 6.07 Å². The highest BCUT2D eigenvalue weighted by molar-refractivity contribution is 5.96. The van der Waals surface area contributed by atoms with Crippen LogP contribution in [0.15, 0.2) is 48.8 Å². The van der Waals surface area contributed by atoms with Crippen LogP contribution in [0.4, 0.5) is 0 Å². The lowest BCUT2D eigenvalue weighted by molar-refractivity contribution is 0.0949. The number of aryl methyl sites for hydroxylation is 1. The Balaban J connectivity index is 1.82. The van der Waals surface area contributed by atoms with E-state index in [0.717, 1.165) is 13.0 Å². The third kappa shape index (κ3) is 3.88. The van der Waals surface area contributed by atoms with E-state index >= 15 is 0 Å². The number of nitrogens with zero attached hydrogens (tertiary/aromatic N) is 1. The minimum absolute atomic E-state index is 0.0819. The maximum absolute atomic E-state index is 12.1. The van der Waals surface area contributed by atoms with Gasteiger partial charge in [0.1, 0.15) is 5.75 Å². The Morgan fingerprint density at radius 1 is 1.20 bits per heavy atom. The normalized spacial score (nSPS) is 10.2. The van der Waals surface area contributed by atoms with Crippen LogP contribution in [-0.4, -0.2) is 23.6 Å². The van der Waals surface area contributed by atoms with Crippen molar-refractivity contribution < 1.29 is 9.53 Å². The summed E-state index contributed by atoms with van der Waals surface area (Å²) >= 11 is 0. The largest absolute Gasteiger partial charge is 0.493 e. The zero-order chi connectivity index (χ0) is 14.2. The van der Waals surface area contributed by atoms with Crippen molar-refractivity contribution in [3.63, 3.8) is 0 Å². The van der Waals surface area contributed by atoms with E-state index in [0.29, 0.717) is 24.5 Å². The van der Waals surface area contributed by atoms with E-state index in [1.807, 2.05) is 49.6 Å². The second-order valence-corrected chi connectivity index (χ2v) is 4.46. The van der Waals surface area contributed by atoms with Crippen molar-refractivity contribution in [2.45, 2.75) is 19.9 Å². The molecule has 0 saturated heterocycles. The molecule has 0 fully saturated rings. The fourth-order valence-electron chi connectivity index (χ4n) is 2.01. The van der Waals surface area contributed by atoms with Crippen LogP contribution in [0.25, 0.3) is 0 Å². The van der Waals surface area contributed by atoms with Crippen LogP contribution < -0.4 is 10.1 Å². The van der Waals surface area contributed by atoms with E-state index in [9.17, 15) is 4.79 Å². The number of rotatable bonds is 7. The molecule has 0 aliphatic rings. The van der Waals surface area contributed by atoms with E-state index in [2.05, 4.69) is 9.88 Å². The second-order valence-electron chi connectivity index (χ2n) is 4.46. The molecule has 0 radical (unpaired) electrons. The van der Waals surface area contributed by atoms with Crippen molar-refractivity contribution in [3.05, 3.63) is 54.4 Å². The Morgan fingerprint density at radius 2 is 1.95 bits per heavy atom. The second kappa shape index (κ2) is 7.38. The van der Waals surface area contributed by atoms with Crippen LogP contribution in [0.1, 0.15) is 23.7 Å². The molecule has 0 bridgehead atoms.